The molecule has 0 atom stereocenters. The Morgan fingerprint density at radius 2 is 1.85 bits per heavy atom. The number of rotatable bonds is 3. The third-order valence-corrected chi connectivity index (χ3v) is 5.06. The van der Waals surface area contributed by atoms with Crippen molar-refractivity contribution in [1.29, 1.82) is 0 Å². The predicted molar refractivity (Wildman–Crippen MR) is 102 cm³/mol. The van der Waals surface area contributed by atoms with Gasteiger partial charge in [0.25, 0.3) is 5.56 Å². The number of carbonyl (C=O) groups is 1. The zero-order chi connectivity index (χ0) is 18.7. The molecule has 138 valence electrons. The minimum absolute atomic E-state index is 0.0869. The van der Waals surface area contributed by atoms with Crippen LogP contribution in [0, 0.1) is 13.8 Å². The number of aromatic nitrogens is 2. The van der Waals surface area contributed by atoms with Gasteiger partial charge in [0.1, 0.15) is 5.82 Å². The van der Waals surface area contributed by atoms with Crippen molar-refractivity contribution in [3.8, 4) is 11.4 Å². The molecule has 0 saturated carbocycles. The summed E-state index contributed by atoms with van der Waals surface area (Å²) in [6.45, 7) is 9.67. The average Bonchev–Trinajstić information content (AvgIpc) is 2.85. The number of nitrogens with zero attached hydrogens (tertiary/aromatic N) is 3. The smallest absolute Gasteiger partial charge is 0.254 e. The topological polar surface area (TPSA) is 69.3 Å². The molecule has 6 heteroatoms. The number of aromatic amines is 1. The number of amides is 1. The van der Waals surface area contributed by atoms with E-state index in [1.54, 1.807) is 13.8 Å². The van der Waals surface area contributed by atoms with Crippen molar-refractivity contribution in [2.75, 3.05) is 26.2 Å². The fourth-order valence-corrected chi connectivity index (χ4v) is 3.25. The first-order chi connectivity index (χ1) is 12.4. The van der Waals surface area contributed by atoms with Crippen LogP contribution in [0.25, 0.3) is 11.4 Å². The van der Waals surface area contributed by atoms with E-state index in [9.17, 15) is 9.59 Å². The molecule has 0 unspecified atom stereocenters. The normalized spacial score (nSPS) is 15.7. The lowest BCUT2D eigenvalue weighted by Gasteiger charge is -2.21. The summed E-state index contributed by atoms with van der Waals surface area (Å²) in [5.74, 6) is 0.766. The Bertz CT molecular complexity index is 842. The van der Waals surface area contributed by atoms with Crippen molar-refractivity contribution in [3.05, 3.63) is 51.4 Å². The van der Waals surface area contributed by atoms with E-state index in [-0.39, 0.29) is 11.5 Å². The van der Waals surface area contributed by atoms with E-state index in [0.717, 1.165) is 50.4 Å². The van der Waals surface area contributed by atoms with E-state index in [0.29, 0.717) is 11.4 Å². The van der Waals surface area contributed by atoms with Gasteiger partial charge >= 0.3 is 0 Å². The molecule has 1 aliphatic rings. The van der Waals surface area contributed by atoms with Crippen molar-refractivity contribution in [2.45, 2.75) is 33.7 Å². The van der Waals surface area contributed by atoms with Gasteiger partial charge in [0, 0.05) is 56.5 Å². The summed E-state index contributed by atoms with van der Waals surface area (Å²) < 4.78 is 0. The molecule has 3 rings (SSSR count). The highest BCUT2D eigenvalue weighted by atomic mass is 16.2. The van der Waals surface area contributed by atoms with E-state index in [4.69, 9.17) is 0 Å². The van der Waals surface area contributed by atoms with Crippen LogP contribution in [-0.2, 0) is 11.3 Å². The van der Waals surface area contributed by atoms with E-state index in [2.05, 4.69) is 27.0 Å². The van der Waals surface area contributed by atoms with Crippen molar-refractivity contribution in [1.82, 2.24) is 19.8 Å². The van der Waals surface area contributed by atoms with Gasteiger partial charge in [-0.05, 0) is 25.8 Å². The van der Waals surface area contributed by atoms with Crippen molar-refractivity contribution < 1.29 is 4.79 Å². The van der Waals surface area contributed by atoms with Crippen LogP contribution in [0.1, 0.15) is 30.2 Å². The van der Waals surface area contributed by atoms with Gasteiger partial charge in [-0.15, -0.1) is 0 Å². The van der Waals surface area contributed by atoms with Crippen LogP contribution in [0.2, 0.25) is 0 Å². The quantitative estimate of drug-likeness (QED) is 0.917. The second-order valence-electron chi connectivity index (χ2n) is 6.96. The van der Waals surface area contributed by atoms with Gasteiger partial charge in [0.2, 0.25) is 5.91 Å². The molecule has 6 nitrogen and oxygen atoms in total. The van der Waals surface area contributed by atoms with E-state index in [1.165, 1.54) is 5.56 Å². The van der Waals surface area contributed by atoms with Crippen LogP contribution >= 0.6 is 0 Å². The van der Waals surface area contributed by atoms with Crippen molar-refractivity contribution in [2.24, 2.45) is 0 Å². The van der Waals surface area contributed by atoms with Crippen LogP contribution < -0.4 is 5.56 Å². The lowest BCUT2D eigenvalue weighted by atomic mass is 10.1. The molecule has 1 N–H and O–H groups in total. The van der Waals surface area contributed by atoms with Gasteiger partial charge in [-0.25, -0.2) is 4.98 Å². The third-order valence-electron chi connectivity index (χ3n) is 5.06. The monoisotopic (exact) mass is 354 g/mol. The van der Waals surface area contributed by atoms with Gasteiger partial charge in [-0.3, -0.25) is 14.5 Å². The van der Waals surface area contributed by atoms with Crippen LogP contribution in [0.3, 0.4) is 0 Å². The SMILES string of the molecule is CC(=O)N1CCCN(Cc2ccc(-c3nc(C)c(C)c(=O)[nH]3)cc2)CC1. The molecule has 1 aromatic carbocycles. The predicted octanol–water partition coefficient (Wildman–Crippen LogP) is 2.11. The van der Waals surface area contributed by atoms with Crippen LogP contribution in [0.4, 0.5) is 0 Å². The highest BCUT2D eigenvalue weighted by Gasteiger charge is 2.16. The minimum Gasteiger partial charge on any atom is -0.342 e. The van der Waals surface area contributed by atoms with Gasteiger partial charge in [-0.1, -0.05) is 24.3 Å². The summed E-state index contributed by atoms with van der Waals surface area (Å²) in [6.07, 6.45) is 1.01. The molecule has 2 heterocycles. The van der Waals surface area contributed by atoms with Gasteiger partial charge in [0.05, 0.1) is 0 Å². The summed E-state index contributed by atoms with van der Waals surface area (Å²) >= 11 is 0. The van der Waals surface area contributed by atoms with E-state index >= 15 is 0 Å². The maximum Gasteiger partial charge on any atom is 0.254 e. The molecule has 1 amide bonds. The zero-order valence-electron chi connectivity index (χ0n) is 15.7. The summed E-state index contributed by atoms with van der Waals surface area (Å²) in [7, 11) is 0. The molecule has 0 aliphatic carbocycles. The number of aryl methyl sites for hydroxylation is 1. The second kappa shape index (κ2) is 7.83. The molecular weight excluding hydrogens is 328 g/mol. The van der Waals surface area contributed by atoms with Crippen LogP contribution in [0.15, 0.2) is 29.1 Å². The maximum absolute atomic E-state index is 11.9. The molecule has 0 bridgehead atoms. The number of hydrogen-bond donors (Lipinski definition) is 1. The fourth-order valence-electron chi connectivity index (χ4n) is 3.25. The van der Waals surface area contributed by atoms with E-state index in [1.807, 2.05) is 24.0 Å². The molecular formula is C20H26N4O2. The van der Waals surface area contributed by atoms with Crippen LogP contribution in [-0.4, -0.2) is 51.9 Å². The fraction of sp³-hybridized carbons (Fsp3) is 0.450. The van der Waals surface area contributed by atoms with E-state index < -0.39 is 0 Å². The summed E-state index contributed by atoms with van der Waals surface area (Å²) in [5, 5.41) is 0. The minimum atomic E-state index is -0.0869. The molecule has 1 fully saturated rings. The zero-order valence-corrected chi connectivity index (χ0v) is 15.7. The molecule has 0 spiro atoms. The Labute approximate surface area is 153 Å². The Kier molecular flexibility index (Phi) is 5.52. The largest absolute Gasteiger partial charge is 0.342 e. The Balaban J connectivity index is 1.68. The van der Waals surface area contributed by atoms with Gasteiger partial charge in [-0.2, -0.15) is 0 Å². The van der Waals surface area contributed by atoms with Gasteiger partial charge < -0.3 is 9.88 Å². The summed E-state index contributed by atoms with van der Waals surface area (Å²) in [4.78, 5) is 35.1. The summed E-state index contributed by atoms with van der Waals surface area (Å²) in [6, 6.07) is 8.17. The second-order valence-corrected chi connectivity index (χ2v) is 6.96. The first-order valence-electron chi connectivity index (χ1n) is 9.09. The molecule has 1 aromatic heterocycles. The lowest BCUT2D eigenvalue weighted by Crippen LogP contribution is -2.33. The first kappa shape index (κ1) is 18.3. The average molecular weight is 354 g/mol. The highest BCUT2D eigenvalue weighted by molar-refractivity contribution is 5.73. The molecule has 1 saturated heterocycles. The standard InChI is InChI=1S/C20H26N4O2/c1-14-15(2)21-19(22-20(14)26)18-7-5-17(6-8-18)13-23-9-4-10-24(12-11-23)16(3)25/h5-8H,4,9-13H2,1-3H3,(H,21,22,26). The Morgan fingerprint density at radius 1 is 1.12 bits per heavy atom. The maximum atomic E-state index is 11.9. The Hall–Kier alpha value is -2.47. The number of hydrogen-bond acceptors (Lipinski definition) is 4. The lowest BCUT2D eigenvalue weighted by molar-refractivity contribution is -0.128. The first-order valence-corrected chi connectivity index (χ1v) is 9.09. The number of H-pyrrole nitrogens is 1. The number of carbonyl (C=O) groups excluding carboxylic acids is 1. The highest BCUT2D eigenvalue weighted by Crippen LogP contribution is 2.17. The van der Waals surface area contributed by atoms with Crippen molar-refractivity contribution in [3.63, 3.8) is 0 Å². The number of nitrogens with one attached hydrogen (secondary N) is 1. The Morgan fingerprint density at radius 3 is 2.50 bits per heavy atom. The molecule has 1 aliphatic heterocycles. The van der Waals surface area contributed by atoms with Crippen LogP contribution in [0.5, 0.6) is 0 Å². The molecule has 2 aromatic rings. The molecule has 26 heavy (non-hydrogen) atoms. The third kappa shape index (κ3) is 4.19. The molecule has 0 radical (unpaired) electrons. The number of benzene rings is 1. The van der Waals surface area contributed by atoms with Crippen molar-refractivity contribution >= 4 is 5.91 Å². The summed E-state index contributed by atoms with van der Waals surface area (Å²) in [5.41, 5.74) is 3.46. The van der Waals surface area contributed by atoms with Gasteiger partial charge in [0.15, 0.2) is 0 Å².